The molecule has 0 saturated heterocycles. The number of hydrogen-bond acceptors (Lipinski definition) is 3. The second-order valence-electron chi connectivity index (χ2n) is 4.43. The van der Waals surface area contributed by atoms with Crippen LogP contribution in [0.1, 0.15) is 11.1 Å². The van der Waals surface area contributed by atoms with Crippen molar-refractivity contribution in [2.24, 2.45) is 0 Å². The van der Waals surface area contributed by atoms with Crippen molar-refractivity contribution in [3.63, 3.8) is 0 Å². The van der Waals surface area contributed by atoms with Gasteiger partial charge in [0.2, 0.25) is 0 Å². The van der Waals surface area contributed by atoms with Gasteiger partial charge in [-0.25, -0.2) is 0 Å². The summed E-state index contributed by atoms with van der Waals surface area (Å²) in [4.78, 5) is 0. The molecule has 2 rings (SSSR count). The molecule has 5 heteroatoms. The number of halogens is 1. The number of nitrogens with zero attached hydrogens (tertiary/aromatic N) is 2. The molecule has 0 aliphatic heterocycles. The molecule has 0 radical (unpaired) electrons. The van der Waals surface area contributed by atoms with Crippen molar-refractivity contribution in [2.45, 2.75) is 20.0 Å². The summed E-state index contributed by atoms with van der Waals surface area (Å²) in [6.07, 6.45) is 3.90. The number of hydrogen-bond donors (Lipinski definition) is 1. The van der Waals surface area contributed by atoms with Crippen molar-refractivity contribution < 1.29 is 4.74 Å². The van der Waals surface area contributed by atoms with Gasteiger partial charge in [0.05, 0.1) is 24.9 Å². The molecule has 0 saturated carbocycles. The molecule has 1 heterocycles. The van der Waals surface area contributed by atoms with E-state index in [0.29, 0.717) is 10.8 Å². The highest BCUT2D eigenvalue weighted by molar-refractivity contribution is 6.32. The zero-order valence-corrected chi connectivity index (χ0v) is 11.9. The summed E-state index contributed by atoms with van der Waals surface area (Å²) < 4.78 is 7.06. The number of rotatable bonds is 6. The third kappa shape index (κ3) is 3.98. The average molecular weight is 280 g/mol. The molecular formula is C14H18ClN3O. The van der Waals surface area contributed by atoms with Gasteiger partial charge >= 0.3 is 0 Å². The Balaban J connectivity index is 1.78. The number of aromatic nitrogens is 2. The zero-order chi connectivity index (χ0) is 13.7. The standard InChI is InChI=1S/C14H18ClN3O/c1-11-8-17-18(10-11)6-5-16-9-12-3-4-14(19-2)13(15)7-12/h3-4,7-8,10,16H,5-6,9H2,1-2H3. The Labute approximate surface area is 118 Å². The van der Waals surface area contributed by atoms with Gasteiger partial charge in [0.15, 0.2) is 0 Å². The number of methoxy groups -OCH3 is 1. The third-order valence-electron chi connectivity index (χ3n) is 2.83. The minimum atomic E-state index is 0.643. The molecule has 0 bridgehead atoms. The first-order valence-electron chi connectivity index (χ1n) is 6.21. The van der Waals surface area contributed by atoms with Crippen molar-refractivity contribution in [1.82, 2.24) is 15.1 Å². The number of ether oxygens (including phenoxy) is 1. The lowest BCUT2D eigenvalue weighted by Crippen LogP contribution is -2.19. The minimum absolute atomic E-state index is 0.643. The van der Waals surface area contributed by atoms with Crippen LogP contribution in [-0.4, -0.2) is 23.4 Å². The first-order chi connectivity index (χ1) is 9.19. The Morgan fingerprint density at radius 3 is 2.89 bits per heavy atom. The van der Waals surface area contributed by atoms with Crippen LogP contribution in [0.4, 0.5) is 0 Å². The lowest BCUT2D eigenvalue weighted by Gasteiger charge is -2.08. The Hall–Kier alpha value is -1.52. The minimum Gasteiger partial charge on any atom is -0.495 e. The Kier molecular flexibility index (Phi) is 4.82. The highest BCUT2D eigenvalue weighted by Gasteiger charge is 2.01. The largest absolute Gasteiger partial charge is 0.495 e. The summed E-state index contributed by atoms with van der Waals surface area (Å²) in [6, 6.07) is 5.82. The van der Waals surface area contributed by atoms with Gasteiger partial charge in [0.1, 0.15) is 5.75 Å². The summed E-state index contributed by atoms with van der Waals surface area (Å²) in [7, 11) is 1.62. The van der Waals surface area contributed by atoms with Gasteiger partial charge in [0.25, 0.3) is 0 Å². The summed E-state index contributed by atoms with van der Waals surface area (Å²) in [5, 5.41) is 8.24. The van der Waals surface area contributed by atoms with Gasteiger partial charge in [-0.05, 0) is 30.2 Å². The van der Waals surface area contributed by atoms with E-state index in [9.17, 15) is 0 Å². The fraction of sp³-hybridized carbons (Fsp3) is 0.357. The van der Waals surface area contributed by atoms with Crippen molar-refractivity contribution in [3.05, 3.63) is 46.7 Å². The molecule has 1 N–H and O–H groups in total. The fourth-order valence-electron chi connectivity index (χ4n) is 1.84. The van der Waals surface area contributed by atoms with Crippen LogP contribution in [0.25, 0.3) is 0 Å². The molecule has 19 heavy (non-hydrogen) atoms. The number of aryl methyl sites for hydroxylation is 1. The van der Waals surface area contributed by atoms with E-state index in [0.717, 1.165) is 25.2 Å². The second-order valence-corrected chi connectivity index (χ2v) is 4.83. The lowest BCUT2D eigenvalue weighted by molar-refractivity contribution is 0.415. The average Bonchev–Trinajstić information content (AvgIpc) is 2.81. The molecule has 4 nitrogen and oxygen atoms in total. The van der Waals surface area contributed by atoms with Crippen LogP contribution in [0.5, 0.6) is 5.75 Å². The Bertz CT molecular complexity index is 539. The number of nitrogens with one attached hydrogen (secondary N) is 1. The number of benzene rings is 1. The molecule has 1 aromatic heterocycles. The van der Waals surface area contributed by atoms with Gasteiger partial charge < -0.3 is 10.1 Å². The highest BCUT2D eigenvalue weighted by Crippen LogP contribution is 2.24. The monoisotopic (exact) mass is 279 g/mol. The Morgan fingerprint density at radius 2 is 2.26 bits per heavy atom. The quantitative estimate of drug-likeness (QED) is 0.826. The molecule has 0 fully saturated rings. The summed E-state index contributed by atoms with van der Waals surface area (Å²) in [6.45, 7) is 4.54. The topological polar surface area (TPSA) is 39.1 Å². The predicted octanol–water partition coefficient (Wildman–Crippen LogP) is 2.64. The van der Waals surface area contributed by atoms with E-state index in [4.69, 9.17) is 16.3 Å². The molecule has 0 unspecified atom stereocenters. The maximum absolute atomic E-state index is 6.07. The van der Waals surface area contributed by atoms with Crippen molar-refractivity contribution in [1.29, 1.82) is 0 Å². The van der Waals surface area contributed by atoms with Gasteiger partial charge in [-0.2, -0.15) is 5.10 Å². The van der Waals surface area contributed by atoms with E-state index in [1.807, 2.05) is 42.2 Å². The molecular weight excluding hydrogens is 262 g/mol. The summed E-state index contributed by atoms with van der Waals surface area (Å²) in [5.74, 6) is 0.706. The van der Waals surface area contributed by atoms with E-state index in [1.54, 1.807) is 7.11 Å². The van der Waals surface area contributed by atoms with Crippen LogP contribution in [0.15, 0.2) is 30.6 Å². The summed E-state index contributed by atoms with van der Waals surface area (Å²) >= 11 is 6.07. The first kappa shape index (κ1) is 13.9. The van der Waals surface area contributed by atoms with E-state index < -0.39 is 0 Å². The molecule has 0 spiro atoms. The highest BCUT2D eigenvalue weighted by atomic mass is 35.5. The molecule has 0 atom stereocenters. The zero-order valence-electron chi connectivity index (χ0n) is 11.2. The molecule has 2 aromatic rings. The molecule has 0 amide bonds. The van der Waals surface area contributed by atoms with Crippen LogP contribution in [0.3, 0.4) is 0 Å². The van der Waals surface area contributed by atoms with E-state index in [-0.39, 0.29) is 0 Å². The molecule has 1 aromatic carbocycles. The van der Waals surface area contributed by atoms with Gasteiger partial charge in [-0.15, -0.1) is 0 Å². The third-order valence-corrected chi connectivity index (χ3v) is 3.12. The maximum atomic E-state index is 6.07. The normalized spacial score (nSPS) is 10.7. The van der Waals surface area contributed by atoms with E-state index >= 15 is 0 Å². The smallest absolute Gasteiger partial charge is 0.137 e. The molecule has 0 aliphatic rings. The lowest BCUT2D eigenvalue weighted by atomic mass is 10.2. The summed E-state index contributed by atoms with van der Waals surface area (Å²) in [5.41, 5.74) is 2.32. The van der Waals surface area contributed by atoms with E-state index in [1.165, 1.54) is 5.56 Å². The second kappa shape index (κ2) is 6.59. The first-order valence-corrected chi connectivity index (χ1v) is 6.59. The fourth-order valence-corrected chi connectivity index (χ4v) is 2.12. The maximum Gasteiger partial charge on any atom is 0.137 e. The van der Waals surface area contributed by atoms with Crippen molar-refractivity contribution in [3.8, 4) is 5.75 Å². The van der Waals surface area contributed by atoms with Crippen molar-refractivity contribution in [2.75, 3.05) is 13.7 Å². The van der Waals surface area contributed by atoms with E-state index in [2.05, 4.69) is 10.4 Å². The predicted molar refractivity (Wildman–Crippen MR) is 76.7 cm³/mol. The van der Waals surface area contributed by atoms with Gasteiger partial charge in [-0.3, -0.25) is 4.68 Å². The van der Waals surface area contributed by atoms with Crippen molar-refractivity contribution >= 4 is 11.6 Å². The van der Waals surface area contributed by atoms with Gasteiger partial charge in [0, 0.05) is 19.3 Å². The van der Waals surface area contributed by atoms with Crippen LogP contribution >= 0.6 is 11.6 Å². The van der Waals surface area contributed by atoms with Crippen LogP contribution in [0, 0.1) is 6.92 Å². The molecule has 102 valence electrons. The Morgan fingerprint density at radius 1 is 1.42 bits per heavy atom. The van der Waals surface area contributed by atoms with Crippen LogP contribution in [0.2, 0.25) is 5.02 Å². The van der Waals surface area contributed by atoms with Gasteiger partial charge in [-0.1, -0.05) is 17.7 Å². The molecule has 0 aliphatic carbocycles. The SMILES string of the molecule is COc1ccc(CNCCn2cc(C)cn2)cc1Cl. The van der Waals surface area contributed by atoms with Crippen LogP contribution in [-0.2, 0) is 13.1 Å². The van der Waals surface area contributed by atoms with Crippen LogP contribution < -0.4 is 10.1 Å².